The fraction of sp³-hybridized carbons (Fsp3) is 0.250. The molecule has 0 radical (unpaired) electrons. The second-order valence-corrected chi connectivity index (χ2v) is 5.91. The van der Waals surface area contributed by atoms with Crippen LogP contribution in [-0.4, -0.2) is 33.1 Å². The second-order valence-electron chi connectivity index (χ2n) is 4.96. The van der Waals surface area contributed by atoms with E-state index in [1.165, 1.54) is 0 Å². The highest BCUT2D eigenvalue weighted by Gasteiger charge is 2.10. The summed E-state index contributed by atoms with van der Waals surface area (Å²) in [5.41, 5.74) is 3.05. The van der Waals surface area contributed by atoms with Crippen molar-refractivity contribution in [3.8, 4) is 16.5 Å². The average molecular weight is 330 g/mol. The van der Waals surface area contributed by atoms with Crippen molar-refractivity contribution in [2.75, 3.05) is 18.5 Å². The largest absolute Gasteiger partial charge is 0.475 e. The fourth-order valence-electron chi connectivity index (χ4n) is 2.21. The van der Waals surface area contributed by atoms with Crippen LogP contribution in [0.4, 0.5) is 5.69 Å². The monoisotopic (exact) mass is 330 g/mol. The summed E-state index contributed by atoms with van der Waals surface area (Å²) in [6.45, 7) is 0.896. The van der Waals surface area contributed by atoms with E-state index < -0.39 is 0 Å². The number of hydrogen-bond acceptors (Lipinski definition) is 6. The normalized spacial score (nSPS) is 10.7. The number of aryl methyl sites for hydroxylation is 1. The van der Waals surface area contributed by atoms with E-state index in [-0.39, 0.29) is 13.2 Å². The maximum Gasteiger partial charge on any atom is 0.213 e. The molecule has 0 aliphatic rings. The van der Waals surface area contributed by atoms with Gasteiger partial charge in [-0.3, -0.25) is 4.68 Å². The van der Waals surface area contributed by atoms with E-state index in [1.807, 2.05) is 30.1 Å². The van der Waals surface area contributed by atoms with E-state index in [9.17, 15) is 0 Å². The minimum Gasteiger partial charge on any atom is -0.475 e. The summed E-state index contributed by atoms with van der Waals surface area (Å²) in [7, 11) is 1.93. The zero-order valence-corrected chi connectivity index (χ0v) is 13.6. The first-order chi connectivity index (χ1) is 11.3. The third kappa shape index (κ3) is 3.88. The lowest BCUT2D eigenvalue weighted by Gasteiger charge is -2.07. The highest BCUT2D eigenvalue weighted by molar-refractivity contribution is 7.13. The Morgan fingerprint density at radius 2 is 2.26 bits per heavy atom. The third-order valence-electron chi connectivity index (χ3n) is 3.22. The summed E-state index contributed by atoms with van der Waals surface area (Å²) in [5.74, 6) is 0.505. The van der Waals surface area contributed by atoms with Gasteiger partial charge in [0.1, 0.15) is 12.3 Å². The van der Waals surface area contributed by atoms with E-state index >= 15 is 0 Å². The molecule has 0 aromatic carbocycles. The summed E-state index contributed by atoms with van der Waals surface area (Å²) in [5, 5.41) is 18.7. The Balaban J connectivity index is 1.67. The molecule has 23 heavy (non-hydrogen) atoms. The summed E-state index contributed by atoms with van der Waals surface area (Å²) in [6, 6.07) is 7.79. The zero-order valence-electron chi connectivity index (χ0n) is 12.8. The molecule has 3 rings (SSSR count). The van der Waals surface area contributed by atoms with E-state index in [1.54, 1.807) is 23.6 Å². The lowest BCUT2D eigenvalue weighted by molar-refractivity contribution is 0.196. The van der Waals surface area contributed by atoms with Gasteiger partial charge in [-0.1, -0.05) is 6.07 Å². The van der Waals surface area contributed by atoms with Crippen molar-refractivity contribution in [1.29, 1.82) is 0 Å². The molecule has 0 saturated carbocycles. The third-order valence-corrected chi connectivity index (χ3v) is 4.10. The maximum absolute atomic E-state index is 8.73. The predicted octanol–water partition coefficient (Wildman–Crippen LogP) is 2.53. The Kier molecular flexibility index (Phi) is 4.89. The van der Waals surface area contributed by atoms with Gasteiger partial charge in [-0.05, 0) is 17.5 Å². The van der Waals surface area contributed by atoms with Crippen LogP contribution in [0.15, 0.2) is 42.0 Å². The van der Waals surface area contributed by atoms with Crippen LogP contribution in [0.5, 0.6) is 5.88 Å². The van der Waals surface area contributed by atoms with Crippen molar-refractivity contribution in [2.24, 2.45) is 7.05 Å². The van der Waals surface area contributed by atoms with Crippen LogP contribution >= 0.6 is 11.3 Å². The number of pyridine rings is 1. The molecular weight excluding hydrogens is 312 g/mol. The Labute approximate surface area is 138 Å². The molecule has 0 unspecified atom stereocenters. The maximum atomic E-state index is 8.73. The van der Waals surface area contributed by atoms with Crippen molar-refractivity contribution in [2.45, 2.75) is 6.54 Å². The molecule has 7 heteroatoms. The molecule has 120 valence electrons. The number of nitrogens with one attached hydrogen (secondary N) is 1. The van der Waals surface area contributed by atoms with Crippen LogP contribution in [0, 0.1) is 0 Å². The zero-order chi connectivity index (χ0) is 16.1. The molecule has 3 aromatic heterocycles. The number of aliphatic hydroxyl groups excluding tert-OH is 1. The molecule has 0 fully saturated rings. The summed E-state index contributed by atoms with van der Waals surface area (Å²) in [6.07, 6.45) is 3.74. The van der Waals surface area contributed by atoms with Crippen LogP contribution in [0.2, 0.25) is 0 Å². The molecule has 3 heterocycles. The lowest BCUT2D eigenvalue weighted by atomic mass is 10.2. The Morgan fingerprint density at radius 1 is 1.35 bits per heavy atom. The Hall–Kier alpha value is -2.38. The van der Waals surface area contributed by atoms with Gasteiger partial charge in [0.2, 0.25) is 5.88 Å². The number of aromatic nitrogens is 3. The number of hydrogen-bond donors (Lipinski definition) is 2. The van der Waals surface area contributed by atoms with Gasteiger partial charge < -0.3 is 15.2 Å². The lowest BCUT2D eigenvalue weighted by Crippen LogP contribution is -2.04. The molecule has 6 nitrogen and oxygen atoms in total. The van der Waals surface area contributed by atoms with Crippen LogP contribution in [0.3, 0.4) is 0 Å². The number of aliphatic hydroxyl groups is 1. The highest BCUT2D eigenvalue weighted by atomic mass is 32.1. The molecule has 0 atom stereocenters. The minimum absolute atomic E-state index is 0.0197. The second kappa shape index (κ2) is 7.26. The van der Waals surface area contributed by atoms with Gasteiger partial charge >= 0.3 is 0 Å². The van der Waals surface area contributed by atoms with E-state index in [2.05, 4.69) is 26.8 Å². The standard InChI is InChI=1S/C16H18N4O2S/c1-20-11-12(16(19-20)14-3-2-8-23-14)9-17-13-4-5-15(18-10-13)22-7-6-21/h2-5,8,10-11,17,21H,6-7,9H2,1H3. The Bertz CT molecular complexity index is 738. The Morgan fingerprint density at radius 3 is 2.96 bits per heavy atom. The first-order valence-electron chi connectivity index (χ1n) is 7.26. The van der Waals surface area contributed by atoms with E-state index in [0.717, 1.165) is 21.8 Å². The van der Waals surface area contributed by atoms with Crippen LogP contribution in [-0.2, 0) is 13.6 Å². The van der Waals surface area contributed by atoms with Gasteiger partial charge in [0.25, 0.3) is 0 Å². The first kappa shape index (κ1) is 15.5. The van der Waals surface area contributed by atoms with Crippen LogP contribution < -0.4 is 10.1 Å². The van der Waals surface area contributed by atoms with Crippen molar-refractivity contribution in [1.82, 2.24) is 14.8 Å². The molecule has 0 amide bonds. The number of nitrogens with zero attached hydrogens (tertiary/aromatic N) is 3. The topological polar surface area (TPSA) is 72.2 Å². The van der Waals surface area contributed by atoms with E-state index in [4.69, 9.17) is 9.84 Å². The molecule has 0 aliphatic carbocycles. The smallest absolute Gasteiger partial charge is 0.213 e. The summed E-state index contributed by atoms with van der Waals surface area (Å²) < 4.78 is 7.07. The van der Waals surface area contributed by atoms with Crippen LogP contribution in [0.1, 0.15) is 5.56 Å². The molecule has 0 aliphatic heterocycles. The molecule has 0 bridgehead atoms. The SMILES string of the molecule is Cn1cc(CNc2ccc(OCCO)nc2)c(-c2cccs2)n1. The number of anilines is 1. The number of thiophene rings is 1. The average Bonchev–Trinajstić information content (AvgIpc) is 3.21. The minimum atomic E-state index is -0.0197. The van der Waals surface area contributed by atoms with Gasteiger partial charge in [0, 0.05) is 31.4 Å². The molecule has 0 saturated heterocycles. The molecule has 0 spiro atoms. The van der Waals surface area contributed by atoms with Crippen molar-refractivity contribution in [3.63, 3.8) is 0 Å². The molecular formula is C16H18N4O2S. The van der Waals surface area contributed by atoms with Crippen LogP contribution in [0.25, 0.3) is 10.6 Å². The van der Waals surface area contributed by atoms with E-state index in [0.29, 0.717) is 12.4 Å². The predicted molar refractivity (Wildman–Crippen MR) is 90.7 cm³/mol. The highest BCUT2D eigenvalue weighted by Crippen LogP contribution is 2.27. The summed E-state index contributed by atoms with van der Waals surface area (Å²) in [4.78, 5) is 5.35. The first-order valence-corrected chi connectivity index (χ1v) is 8.14. The molecule has 2 N–H and O–H groups in total. The van der Waals surface area contributed by atoms with Gasteiger partial charge in [0.15, 0.2) is 0 Å². The number of rotatable bonds is 7. The fourth-order valence-corrected chi connectivity index (χ4v) is 2.95. The van der Waals surface area contributed by atoms with Gasteiger partial charge in [0.05, 0.1) is 23.4 Å². The van der Waals surface area contributed by atoms with Gasteiger partial charge in [-0.2, -0.15) is 5.10 Å². The summed E-state index contributed by atoms with van der Waals surface area (Å²) >= 11 is 1.68. The number of ether oxygens (including phenoxy) is 1. The van der Waals surface area contributed by atoms with Gasteiger partial charge in [-0.25, -0.2) is 4.98 Å². The van der Waals surface area contributed by atoms with Crippen molar-refractivity contribution >= 4 is 17.0 Å². The van der Waals surface area contributed by atoms with Gasteiger partial charge in [-0.15, -0.1) is 11.3 Å². The molecule has 3 aromatic rings. The quantitative estimate of drug-likeness (QED) is 0.696. The van der Waals surface area contributed by atoms with Crippen molar-refractivity contribution in [3.05, 3.63) is 47.6 Å². The van der Waals surface area contributed by atoms with Crippen molar-refractivity contribution < 1.29 is 9.84 Å².